The maximum Gasteiger partial charge on any atom is 0.112 e. The molecule has 1 unspecified atom stereocenters. The van der Waals surface area contributed by atoms with Gasteiger partial charge >= 0.3 is 0 Å². The summed E-state index contributed by atoms with van der Waals surface area (Å²) >= 11 is 0. The molecule has 0 rings (SSSR count). The molecule has 0 aromatic carbocycles. The molecule has 62 valence electrons. The fraction of sp³-hybridized carbons (Fsp3) is 1.00. The van der Waals surface area contributed by atoms with E-state index < -0.39 is 0 Å². The van der Waals surface area contributed by atoms with Gasteiger partial charge in [0.15, 0.2) is 0 Å². The van der Waals surface area contributed by atoms with Gasteiger partial charge < -0.3 is 9.59 Å². The number of quaternary nitrogens is 1. The lowest BCUT2D eigenvalue weighted by molar-refractivity contribution is -0.896. The van der Waals surface area contributed by atoms with E-state index in [2.05, 4.69) is 28.1 Å². The summed E-state index contributed by atoms with van der Waals surface area (Å²) in [6, 6.07) is 0.407. The van der Waals surface area contributed by atoms with Crippen molar-refractivity contribution in [2.45, 2.75) is 25.8 Å². The molecule has 1 atom stereocenters. The predicted molar refractivity (Wildman–Crippen MR) is 43.8 cm³/mol. The summed E-state index contributed by atoms with van der Waals surface area (Å²) in [7, 11) is 6.36. The lowest BCUT2D eigenvalue weighted by atomic mass is 10.1. The first-order valence-electron chi connectivity index (χ1n) is 3.94. The second kappa shape index (κ2) is 3.94. The summed E-state index contributed by atoms with van der Waals surface area (Å²) in [5, 5.41) is 8.98. The van der Waals surface area contributed by atoms with E-state index in [1.807, 2.05) is 0 Å². The van der Waals surface area contributed by atoms with Gasteiger partial charge in [0, 0.05) is 6.42 Å². The highest BCUT2D eigenvalue weighted by Gasteiger charge is 2.20. The monoisotopic (exact) mass is 146 g/mol. The van der Waals surface area contributed by atoms with Crippen LogP contribution in [0.25, 0.3) is 0 Å². The second-order valence-electron chi connectivity index (χ2n) is 3.74. The van der Waals surface area contributed by atoms with Crippen molar-refractivity contribution in [2.24, 2.45) is 0 Å². The second-order valence-corrected chi connectivity index (χ2v) is 3.74. The molecule has 0 aliphatic heterocycles. The molecular weight excluding hydrogens is 126 g/mol. The number of nitrogens with zero attached hydrogens (tertiary/aromatic N) is 1. The van der Waals surface area contributed by atoms with Crippen molar-refractivity contribution < 1.29 is 9.59 Å². The highest BCUT2D eigenvalue weighted by atomic mass is 16.3. The molecule has 2 nitrogen and oxygen atoms in total. The van der Waals surface area contributed by atoms with Crippen molar-refractivity contribution in [3.63, 3.8) is 0 Å². The van der Waals surface area contributed by atoms with Gasteiger partial charge in [0.25, 0.3) is 0 Å². The Kier molecular flexibility index (Phi) is 3.91. The molecule has 0 amide bonds. The Hall–Kier alpha value is -0.0800. The fourth-order valence-electron chi connectivity index (χ4n) is 1.06. The van der Waals surface area contributed by atoms with Gasteiger partial charge in [0.1, 0.15) is 6.04 Å². The van der Waals surface area contributed by atoms with Crippen molar-refractivity contribution in [1.82, 2.24) is 0 Å². The van der Waals surface area contributed by atoms with Crippen LogP contribution in [-0.4, -0.2) is 43.4 Å². The molecule has 0 heterocycles. The maximum absolute atomic E-state index is 8.98. The van der Waals surface area contributed by atoms with Gasteiger partial charge in [-0.05, 0) is 0 Å². The van der Waals surface area contributed by atoms with E-state index in [4.69, 9.17) is 5.11 Å². The van der Waals surface area contributed by atoms with Crippen LogP contribution in [0.4, 0.5) is 0 Å². The van der Waals surface area contributed by atoms with Crippen LogP contribution in [0.3, 0.4) is 0 Å². The van der Waals surface area contributed by atoms with Gasteiger partial charge in [-0.25, -0.2) is 0 Å². The topological polar surface area (TPSA) is 20.2 Å². The molecule has 0 radical (unpaired) electrons. The first kappa shape index (κ1) is 9.92. The van der Waals surface area contributed by atoms with Crippen LogP contribution in [0.15, 0.2) is 0 Å². The Morgan fingerprint density at radius 1 is 1.30 bits per heavy atom. The van der Waals surface area contributed by atoms with E-state index in [1.165, 1.54) is 0 Å². The van der Waals surface area contributed by atoms with Gasteiger partial charge in [0.2, 0.25) is 0 Å². The average molecular weight is 146 g/mol. The highest BCUT2D eigenvalue weighted by Crippen LogP contribution is 2.08. The van der Waals surface area contributed by atoms with E-state index in [0.29, 0.717) is 12.6 Å². The van der Waals surface area contributed by atoms with Gasteiger partial charge in [-0.2, -0.15) is 0 Å². The molecule has 0 aliphatic carbocycles. The third-order valence-corrected chi connectivity index (χ3v) is 1.93. The number of hydrogen-bond acceptors (Lipinski definition) is 1. The Morgan fingerprint density at radius 2 is 1.80 bits per heavy atom. The van der Waals surface area contributed by atoms with Crippen molar-refractivity contribution in [2.75, 3.05) is 27.7 Å². The largest absolute Gasteiger partial charge is 0.390 e. The summed E-state index contributed by atoms with van der Waals surface area (Å²) in [4.78, 5) is 0. The van der Waals surface area contributed by atoms with E-state index in [0.717, 1.165) is 17.3 Å². The summed E-state index contributed by atoms with van der Waals surface area (Å²) in [6.45, 7) is 2.45. The summed E-state index contributed by atoms with van der Waals surface area (Å²) < 4.78 is 0.865. The number of rotatable bonds is 4. The minimum absolute atomic E-state index is 0.303. The maximum atomic E-state index is 8.98. The summed E-state index contributed by atoms with van der Waals surface area (Å²) in [5.41, 5.74) is 0. The molecule has 0 fully saturated rings. The number of aliphatic hydroxyl groups is 1. The third-order valence-electron chi connectivity index (χ3n) is 1.93. The van der Waals surface area contributed by atoms with Crippen LogP contribution in [0.5, 0.6) is 0 Å². The Bertz CT molecular complexity index is 85.7. The van der Waals surface area contributed by atoms with Crippen LogP contribution >= 0.6 is 0 Å². The smallest absolute Gasteiger partial charge is 0.112 e. The molecule has 0 saturated heterocycles. The zero-order valence-corrected chi connectivity index (χ0v) is 7.59. The van der Waals surface area contributed by atoms with Gasteiger partial charge in [-0.1, -0.05) is 13.3 Å². The molecule has 0 spiro atoms. The number of likely N-dealkylation sites (N-methyl/N-ethyl adjacent to an activating group) is 1. The van der Waals surface area contributed by atoms with Gasteiger partial charge in [0.05, 0.1) is 27.7 Å². The van der Waals surface area contributed by atoms with E-state index in [1.54, 1.807) is 0 Å². The number of hydrogen-bond donors (Lipinski definition) is 1. The molecule has 10 heavy (non-hydrogen) atoms. The van der Waals surface area contributed by atoms with E-state index in [-0.39, 0.29) is 0 Å². The first-order chi connectivity index (χ1) is 4.52. The Morgan fingerprint density at radius 3 is 1.90 bits per heavy atom. The van der Waals surface area contributed by atoms with Crippen molar-refractivity contribution in [3.8, 4) is 0 Å². The zero-order valence-electron chi connectivity index (χ0n) is 7.59. The summed E-state index contributed by atoms with van der Waals surface area (Å²) in [5.74, 6) is 0. The standard InChI is InChI=1S/C8H20NO/c1-5-6-8(7-10)9(2,3)4/h8,10H,5-7H2,1-4H3/q+1. The third kappa shape index (κ3) is 3.18. The van der Waals surface area contributed by atoms with E-state index >= 15 is 0 Å². The molecule has 0 aromatic heterocycles. The molecular formula is C8H20NO+. The van der Waals surface area contributed by atoms with Gasteiger partial charge in [-0.15, -0.1) is 0 Å². The Balaban J connectivity index is 3.81. The lowest BCUT2D eigenvalue weighted by Crippen LogP contribution is -2.47. The average Bonchev–Trinajstić information content (AvgIpc) is 1.80. The quantitative estimate of drug-likeness (QED) is 0.583. The van der Waals surface area contributed by atoms with Gasteiger partial charge in [-0.3, -0.25) is 0 Å². The first-order valence-corrected chi connectivity index (χ1v) is 3.94. The minimum Gasteiger partial charge on any atom is -0.390 e. The molecule has 0 saturated carbocycles. The van der Waals surface area contributed by atoms with Crippen LogP contribution in [-0.2, 0) is 0 Å². The van der Waals surface area contributed by atoms with Crippen LogP contribution in [0, 0.1) is 0 Å². The van der Waals surface area contributed by atoms with Crippen molar-refractivity contribution in [1.29, 1.82) is 0 Å². The molecule has 0 aliphatic rings. The summed E-state index contributed by atoms with van der Waals surface area (Å²) in [6.07, 6.45) is 2.26. The van der Waals surface area contributed by atoms with Crippen LogP contribution in [0.2, 0.25) is 0 Å². The van der Waals surface area contributed by atoms with Crippen molar-refractivity contribution in [3.05, 3.63) is 0 Å². The number of aliphatic hydroxyl groups excluding tert-OH is 1. The SMILES string of the molecule is CCCC(CO)[N+](C)(C)C. The molecule has 0 bridgehead atoms. The fourth-order valence-corrected chi connectivity index (χ4v) is 1.06. The van der Waals surface area contributed by atoms with Crippen molar-refractivity contribution >= 4 is 0 Å². The highest BCUT2D eigenvalue weighted by molar-refractivity contribution is 4.53. The zero-order chi connectivity index (χ0) is 8.20. The predicted octanol–water partition coefficient (Wildman–Crippen LogP) is 0.854. The normalized spacial score (nSPS) is 15.3. The molecule has 1 N–H and O–H groups in total. The molecule has 0 aromatic rings. The lowest BCUT2D eigenvalue weighted by Gasteiger charge is -2.32. The minimum atomic E-state index is 0.303. The van der Waals surface area contributed by atoms with Crippen LogP contribution in [0.1, 0.15) is 19.8 Å². The van der Waals surface area contributed by atoms with E-state index in [9.17, 15) is 0 Å². The molecule has 2 heteroatoms. The van der Waals surface area contributed by atoms with Crippen LogP contribution < -0.4 is 0 Å². The Labute approximate surface area is 64.1 Å².